The molecule has 1 aliphatic carbocycles. The third-order valence-electron chi connectivity index (χ3n) is 4.77. The number of hydrogen-bond acceptors (Lipinski definition) is 0. The smallest absolute Gasteiger partial charge is 0.155 e. The first-order valence-corrected chi connectivity index (χ1v) is 6.77. The highest BCUT2D eigenvalue weighted by molar-refractivity contribution is 9.09. The molecule has 1 saturated carbocycles. The standard InChI is InChI=1S/C13H15BrN/c14-12-10-6-11-13(12)15(11,8-10)7-9-4-2-1-3-5-9/h1-5,10-13H,6-8H2/q+1/t10-,11-,12+,13+,15-/m0/s1. The number of nitrogens with zero attached hydrogens (tertiary/aromatic N) is 1. The lowest BCUT2D eigenvalue weighted by Gasteiger charge is -2.15. The van der Waals surface area contributed by atoms with Crippen LogP contribution < -0.4 is 0 Å². The molecule has 0 amide bonds. The number of halogens is 1. The maximum atomic E-state index is 3.89. The van der Waals surface area contributed by atoms with Crippen LogP contribution in [0.15, 0.2) is 30.3 Å². The minimum atomic E-state index is 0.825. The number of piperidine rings is 3. The fraction of sp³-hybridized carbons (Fsp3) is 0.538. The maximum Gasteiger partial charge on any atom is 0.155 e. The van der Waals surface area contributed by atoms with Crippen molar-refractivity contribution >= 4 is 15.9 Å². The molecule has 0 radical (unpaired) electrons. The van der Waals surface area contributed by atoms with E-state index in [0.717, 1.165) is 22.8 Å². The summed E-state index contributed by atoms with van der Waals surface area (Å²) in [6.07, 6.45) is 1.48. The molecule has 78 valence electrons. The molecule has 1 nitrogen and oxygen atoms in total. The van der Waals surface area contributed by atoms with Crippen molar-refractivity contribution in [3.63, 3.8) is 0 Å². The van der Waals surface area contributed by atoms with E-state index in [9.17, 15) is 0 Å². The van der Waals surface area contributed by atoms with Crippen molar-refractivity contribution < 1.29 is 4.48 Å². The van der Waals surface area contributed by atoms with Gasteiger partial charge in [-0.25, -0.2) is 0 Å². The van der Waals surface area contributed by atoms with Crippen LogP contribution >= 0.6 is 15.9 Å². The molecule has 1 aromatic rings. The zero-order valence-electron chi connectivity index (χ0n) is 8.64. The summed E-state index contributed by atoms with van der Waals surface area (Å²) in [4.78, 5) is 0.825. The highest BCUT2D eigenvalue weighted by Gasteiger charge is 2.81. The molecule has 4 aliphatic rings. The summed E-state index contributed by atoms with van der Waals surface area (Å²) in [5.41, 5.74) is 1.52. The number of hydrogen-bond donors (Lipinski definition) is 0. The summed E-state index contributed by atoms with van der Waals surface area (Å²) < 4.78 is 1.41. The number of rotatable bonds is 2. The van der Waals surface area contributed by atoms with Gasteiger partial charge in [-0.2, -0.15) is 0 Å². The van der Waals surface area contributed by atoms with Crippen LogP contribution in [0.1, 0.15) is 12.0 Å². The summed E-state index contributed by atoms with van der Waals surface area (Å²) in [6, 6.07) is 13.0. The molecule has 0 unspecified atom stereocenters. The second kappa shape index (κ2) is 2.67. The Morgan fingerprint density at radius 2 is 2.07 bits per heavy atom. The molecule has 4 bridgehead atoms. The van der Waals surface area contributed by atoms with E-state index in [0.29, 0.717) is 0 Å². The van der Waals surface area contributed by atoms with Gasteiger partial charge in [-0.15, -0.1) is 0 Å². The lowest BCUT2D eigenvalue weighted by molar-refractivity contribution is -0.823. The second-order valence-corrected chi connectivity index (χ2v) is 6.48. The van der Waals surface area contributed by atoms with Crippen molar-refractivity contribution in [3.05, 3.63) is 35.9 Å². The molecule has 1 aromatic carbocycles. The molecule has 0 N–H and O–H groups in total. The molecule has 3 saturated heterocycles. The van der Waals surface area contributed by atoms with Gasteiger partial charge in [0.15, 0.2) is 6.04 Å². The Kier molecular flexibility index (Phi) is 1.56. The van der Waals surface area contributed by atoms with E-state index in [2.05, 4.69) is 46.3 Å². The van der Waals surface area contributed by atoms with Crippen molar-refractivity contribution in [2.75, 3.05) is 6.54 Å². The predicted octanol–water partition coefficient (Wildman–Crippen LogP) is 2.55. The van der Waals surface area contributed by atoms with Crippen LogP contribution in [0.5, 0.6) is 0 Å². The summed E-state index contributed by atoms with van der Waals surface area (Å²) in [7, 11) is 0. The molecule has 2 heteroatoms. The minimum absolute atomic E-state index is 0.825. The van der Waals surface area contributed by atoms with Crippen LogP contribution in [0.25, 0.3) is 0 Å². The lowest BCUT2D eigenvalue weighted by atomic mass is 10.1. The molecule has 0 spiro atoms. The number of alkyl halides is 1. The molecular formula is C13H15BrN+. The fourth-order valence-corrected chi connectivity index (χ4v) is 5.39. The van der Waals surface area contributed by atoms with Gasteiger partial charge in [0.05, 0.1) is 11.4 Å². The normalized spacial score (nSPS) is 49.7. The molecule has 3 aliphatic heterocycles. The summed E-state index contributed by atoms with van der Waals surface area (Å²) >= 11 is 3.89. The van der Waals surface area contributed by atoms with Gasteiger partial charge in [0.25, 0.3) is 0 Å². The monoisotopic (exact) mass is 264 g/mol. The van der Waals surface area contributed by atoms with E-state index < -0.39 is 0 Å². The van der Waals surface area contributed by atoms with Crippen molar-refractivity contribution in [3.8, 4) is 0 Å². The minimum Gasteiger partial charge on any atom is -0.304 e. The highest BCUT2D eigenvalue weighted by Crippen LogP contribution is 2.64. The van der Waals surface area contributed by atoms with E-state index in [1.165, 1.54) is 29.6 Å². The van der Waals surface area contributed by atoms with Crippen molar-refractivity contribution in [2.24, 2.45) is 5.92 Å². The third kappa shape index (κ3) is 0.974. The molecule has 0 aromatic heterocycles. The van der Waals surface area contributed by atoms with E-state index in [1.54, 1.807) is 0 Å². The first-order chi connectivity index (χ1) is 7.31. The van der Waals surface area contributed by atoms with E-state index >= 15 is 0 Å². The van der Waals surface area contributed by atoms with Crippen LogP contribution in [0, 0.1) is 5.92 Å². The zero-order chi connectivity index (χ0) is 10.0. The Morgan fingerprint density at radius 3 is 2.60 bits per heavy atom. The van der Waals surface area contributed by atoms with Crippen molar-refractivity contribution in [2.45, 2.75) is 29.9 Å². The van der Waals surface area contributed by atoms with Crippen LogP contribution in [0.3, 0.4) is 0 Å². The van der Waals surface area contributed by atoms with E-state index in [-0.39, 0.29) is 0 Å². The average Bonchev–Trinajstić information content (AvgIpc) is 2.55. The van der Waals surface area contributed by atoms with Crippen molar-refractivity contribution in [1.82, 2.24) is 0 Å². The first kappa shape index (κ1) is 8.77. The molecule has 4 fully saturated rings. The zero-order valence-corrected chi connectivity index (χ0v) is 10.2. The van der Waals surface area contributed by atoms with Gasteiger partial charge >= 0.3 is 0 Å². The average molecular weight is 265 g/mol. The Balaban J connectivity index is 1.63. The third-order valence-corrected chi connectivity index (χ3v) is 6.06. The quantitative estimate of drug-likeness (QED) is 0.438. The number of benzene rings is 1. The molecule has 5 atom stereocenters. The Morgan fingerprint density at radius 1 is 1.27 bits per heavy atom. The number of quaternary nitrogens is 1. The van der Waals surface area contributed by atoms with Gasteiger partial charge < -0.3 is 4.48 Å². The van der Waals surface area contributed by atoms with Crippen LogP contribution in [-0.4, -0.2) is 27.9 Å². The molecule has 15 heavy (non-hydrogen) atoms. The van der Waals surface area contributed by atoms with Gasteiger partial charge in [-0.1, -0.05) is 46.3 Å². The van der Waals surface area contributed by atoms with Gasteiger partial charge in [-0.3, -0.25) is 0 Å². The second-order valence-electron chi connectivity index (χ2n) is 5.43. The van der Waals surface area contributed by atoms with E-state index in [4.69, 9.17) is 0 Å². The molecular weight excluding hydrogens is 250 g/mol. The Labute approximate surface area is 98.8 Å². The summed E-state index contributed by atoms with van der Waals surface area (Å²) in [5, 5.41) is 0. The predicted molar refractivity (Wildman–Crippen MR) is 63.7 cm³/mol. The first-order valence-electron chi connectivity index (χ1n) is 5.86. The molecule has 5 rings (SSSR count). The fourth-order valence-electron chi connectivity index (χ4n) is 4.18. The van der Waals surface area contributed by atoms with Crippen LogP contribution in [0.2, 0.25) is 0 Å². The van der Waals surface area contributed by atoms with Gasteiger partial charge in [-0.05, 0) is 0 Å². The highest BCUT2D eigenvalue weighted by atomic mass is 79.9. The summed E-state index contributed by atoms with van der Waals surface area (Å²) in [6.45, 7) is 2.70. The Hall–Kier alpha value is -0.340. The maximum absolute atomic E-state index is 3.89. The largest absolute Gasteiger partial charge is 0.304 e. The van der Waals surface area contributed by atoms with Gasteiger partial charge in [0.2, 0.25) is 0 Å². The van der Waals surface area contributed by atoms with Crippen LogP contribution in [0.4, 0.5) is 0 Å². The molecule has 3 heterocycles. The topological polar surface area (TPSA) is 0 Å². The van der Waals surface area contributed by atoms with E-state index in [1.807, 2.05) is 0 Å². The summed E-state index contributed by atoms with van der Waals surface area (Å²) in [5.74, 6) is 0.976. The van der Waals surface area contributed by atoms with Crippen LogP contribution in [-0.2, 0) is 6.54 Å². The Bertz CT molecular complexity index is 404. The lowest BCUT2D eigenvalue weighted by Crippen LogP contribution is -2.25. The van der Waals surface area contributed by atoms with Crippen molar-refractivity contribution in [1.29, 1.82) is 0 Å². The van der Waals surface area contributed by atoms with Gasteiger partial charge in [0, 0.05) is 17.9 Å². The SMILES string of the molecule is Br[C@@H]1[C@H]2C[C@H]3[C@H]1[N@@+]3(Cc1ccccc1)C2. The van der Waals surface area contributed by atoms with Gasteiger partial charge in [0.1, 0.15) is 12.6 Å².